The minimum absolute atomic E-state index is 0.468. The van der Waals surface area contributed by atoms with Crippen LogP contribution in [-0.4, -0.2) is 20.8 Å². The molecule has 0 amide bonds. The van der Waals surface area contributed by atoms with Gasteiger partial charge in [0.05, 0.1) is 10.7 Å². The summed E-state index contributed by atoms with van der Waals surface area (Å²) >= 11 is 4.66. The fraction of sp³-hybridized carbons (Fsp3) is 0.176. The molecule has 2 atom stereocenters. The molecule has 0 saturated carbocycles. The average molecular weight is 297 g/mol. The van der Waals surface area contributed by atoms with Crippen LogP contribution in [0, 0.1) is 5.92 Å². The zero-order valence-electron chi connectivity index (χ0n) is 11.3. The predicted octanol–water partition coefficient (Wildman–Crippen LogP) is 3.27. The predicted molar refractivity (Wildman–Crippen MR) is 86.6 cm³/mol. The van der Waals surface area contributed by atoms with Gasteiger partial charge in [0.15, 0.2) is 0 Å². The summed E-state index contributed by atoms with van der Waals surface area (Å²) in [7, 11) is 0. The van der Waals surface area contributed by atoms with Gasteiger partial charge in [-0.25, -0.2) is 0 Å². The zero-order chi connectivity index (χ0) is 14.9. The first-order valence-corrected chi connectivity index (χ1v) is 7.19. The first-order valence-electron chi connectivity index (χ1n) is 6.74. The number of benzene rings is 1. The molecular formula is C17H15NO2S. The third-order valence-corrected chi connectivity index (χ3v) is 4.40. The maximum absolute atomic E-state index is 11.5. The first kappa shape index (κ1) is 13.9. The second-order valence-corrected chi connectivity index (χ2v) is 6.04. The molecule has 0 bridgehead atoms. The average Bonchev–Trinajstić information content (AvgIpc) is 2.47. The van der Waals surface area contributed by atoms with Crippen molar-refractivity contribution in [2.45, 2.75) is 11.2 Å². The Labute approximate surface area is 128 Å². The maximum Gasteiger partial charge on any atom is 0.312 e. The molecule has 2 unspecified atom stereocenters. The van der Waals surface area contributed by atoms with Crippen LogP contribution in [0.2, 0.25) is 0 Å². The van der Waals surface area contributed by atoms with Crippen LogP contribution in [0.4, 0.5) is 0 Å². The van der Waals surface area contributed by atoms with Gasteiger partial charge in [0.2, 0.25) is 0 Å². The van der Waals surface area contributed by atoms with Crippen LogP contribution in [0.3, 0.4) is 0 Å². The minimum Gasteiger partial charge on any atom is -0.481 e. The van der Waals surface area contributed by atoms with Gasteiger partial charge in [-0.1, -0.05) is 48.6 Å². The van der Waals surface area contributed by atoms with E-state index < -0.39 is 16.6 Å². The van der Waals surface area contributed by atoms with Gasteiger partial charge in [0.1, 0.15) is 0 Å². The molecular weight excluding hydrogens is 282 g/mol. The Morgan fingerprint density at radius 1 is 1.29 bits per heavy atom. The topological polar surface area (TPSA) is 50.2 Å². The highest BCUT2D eigenvalue weighted by Gasteiger charge is 2.38. The number of fused-ring (bicyclic) bond motifs is 1. The van der Waals surface area contributed by atoms with E-state index in [-0.39, 0.29) is 0 Å². The lowest BCUT2D eigenvalue weighted by Gasteiger charge is -2.31. The van der Waals surface area contributed by atoms with Crippen LogP contribution in [0.5, 0.6) is 0 Å². The Morgan fingerprint density at radius 2 is 2.10 bits per heavy atom. The molecule has 3 rings (SSSR count). The second kappa shape index (κ2) is 5.37. The zero-order valence-corrected chi connectivity index (χ0v) is 12.2. The molecule has 1 heterocycles. The van der Waals surface area contributed by atoms with E-state index in [2.05, 4.69) is 17.6 Å². The van der Waals surface area contributed by atoms with Crippen molar-refractivity contribution in [2.24, 2.45) is 5.92 Å². The summed E-state index contributed by atoms with van der Waals surface area (Å²) in [6, 6.07) is 9.93. The van der Waals surface area contributed by atoms with Gasteiger partial charge in [-0.05, 0) is 11.5 Å². The van der Waals surface area contributed by atoms with E-state index in [4.69, 9.17) is 0 Å². The summed E-state index contributed by atoms with van der Waals surface area (Å²) in [5.41, 5.74) is 0.870. The fourth-order valence-corrected chi connectivity index (χ4v) is 3.16. The molecule has 0 fully saturated rings. The summed E-state index contributed by atoms with van der Waals surface area (Å²) in [5, 5.41) is 11.6. The van der Waals surface area contributed by atoms with E-state index >= 15 is 0 Å². The van der Waals surface area contributed by atoms with Gasteiger partial charge in [-0.3, -0.25) is 9.78 Å². The normalized spacial score (nSPS) is 24.3. The number of carboxylic acid groups (broad SMARTS) is 1. The number of rotatable bonds is 3. The number of hydrogen-bond donors (Lipinski definition) is 2. The molecule has 106 valence electrons. The van der Waals surface area contributed by atoms with Crippen LogP contribution in [0.25, 0.3) is 10.8 Å². The standard InChI is InChI=1S/C17H15NO2S/c19-16(20)14-7-3-4-9-17(14,21)11-15-13-6-2-1-5-12(13)8-10-18-15/h1-10,14,21H,11H2,(H,19,20). The molecule has 1 aliphatic carbocycles. The number of carboxylic acids is 1. The van der Waals surface area contributed by atoms with Gasteiger partial charge >= 0.3 is 5.97 Å². The highest BCUT2D eigenvalue weighted by molar-refractivity contribution is 7.82. The molecule has 1 aromatic carbocycles. The molecule has 0 radical (unpaired) electrons. The van der Waals surface area contributed by atoms with Gasteiger partial charge in [0, 0.05) is 23.7 Å². The van der Waals surface area contributed by atoms with E-state index in [1.807, 2.05) is 42.5 Å². The number of aliphatic carboxylic acids is 1. The summed E-state index contributed by atoms with van der Waals surface area (Å²) in [6.07, 6.45) is 9.35. The highest BCUT2D eigenvalue weighted by Crippen LogP contribution is 2.35. The van der Waals surface area contributed by atoms with Gasteiger partial charge in [-0.2, -0.15) is 12.6 Å². The molecule has 21 heavy (non-hydrogen) atoms. The van der Waals surface area contributed by atoms with Crippen LogP contribution < -0.4 is 0 Å². The maximum atomic E-state index is 11.5. The largest absolute Gasteiger partial charge is 0.481 e. The van der Waals surface area contributed by atoms with Gasteiger partial charge in [-0.15, -0.1) is 0 Å². The van der Waals surface area contributed by atoms with Crippen molar-refractivity contribution in [3.8, 4) is 0 Å². The number of carbonyl (C=O) groups is 1. The Kier molecular flexibility index (Phi) is 3.55. The molecule has 0 spiro atoms. The fourth-order valence-electron chi connectivity index (χ4n) is 2.72. The van der Waals surface area contributed by atoms with E-state index in [1.165, 1.54) is 0 Å². The Balaban J connectivity index is 2.03. The molecule has 4 heteroatoms. The van der Waals surface area contributed by atoms with Crippen LogP contribution in [-0.2, 0) is 11.2 Å². The van der Waals surface area contributed by atoms with E-state index in [9.17, 15) is 9.90 Å². The van der Waals surface area contributed by atoms with Gasteiger partial charge < -0.3 is 5.11 Å². The summed E-state index contributed by atoms with van der Waals surface area (Å²) < 4.78 is -0.766. The molecule has 0 saturated heterocycles. The van der Waals surface area contributed by atoms with Crippen LogP contribution in [0.1, 0.15) is 5.69 Å². The Morgan fingerprint density at radius 3 is 2.90 bits per heavy atom. The molecule has 0 aliphatic heterocycles. The number of allylic oxidation sites excluding steroid dienone is 2. The second-order valence-electron chi connectivity index (χ2n) is 5.21. The quantitative estimate of drug-likeness (QED) is 0.855. The molecule has 1 aliphatic rings. The number of hydrogen-bond acceptors (Lipinski definition) is 3. The van der Waals surface area contributed by atoms with Crippen molar-refractivity contribution in [3.05, 3.63) is 66.5 Å². The van der Waals surface area contributed by atoms with E-state index in [1.54, 1.807) is 18.3 Å². The molecule has 1 N–H and O–H groups in total. The third-order valence-electron chi connectivity index (χ3n) is 3.81. The van der Waals surface area contributed by atoms with Crippen molar-refractivity contribution in [2.75, 3.05) is 0 Å². The molecule has 1 aromatic heterocycles. The van der Waals surface area contributed by atoms with Crippen molar-refractivity contribution in [1.82, 2.24) is 4.98 Å². The Bertz CT molecular complexity index is 748. The van der Waals surface area contributed by atoms with Crippen molar-refractivity contribution in [3.63, 3.8) is 0 Å². The first-order chi connectivity index (χ1) is 10.1. The summed E-state index contributed by atoms with van der Waals surface area (Å²) in [6.45, 7) is 0. The monoisotopic (exact) mass is 297 g/mol. The number of aromatic nitrogens is 1. The van der Waals surface area contributed by atoms with Crippen molar-refractivity contribution >= 4 is 29.4 Å². The summed E-state index contributed by atoms with van der Waals surface area (Å²) in [4.78, 5) is 15.9. The van der Waals surface area contributed by atoms with E-state index in [0.717, 1.165) is 16.5 Å². The number of thiol groups is 1. The lowest BCUT2D eigenvalue weighted by molar-refractivity contribution is -0.140. The Hall–Kier alpha value is -2.07. The smallest absolute Gasteiger partial charge is 0.312 e. The van der Waals surface area contributed by atoms with Crippen LogP contribution in [0.15, 0.2) is 60.8 Å². The highest BCUT2D eigenvalue weighted by atomic mass is 32.1. The van der Waals surface area contributed by atoms with Crippen molar-refractivity contribution < 1.29 is 9.90 Å². The van der Waals surface area contributed by atoms with E-state index in [0.29, 0.717) is 6.42 Å². The SMILES string of the molecule is O=C(O)C1C=CC=CC1(S)Cc1nccc2ccccc12. The molecule has 2 aromatic rings. The van der Waals surface area contributed by atoms with Crippen LogP contribution >= 0.6 is 12.6 Å². The number of nitrogens with zero attached hydrogens (tertiary/aromatic N) is 1. The minimum atomic E-state index is -0.870. The van der Waals surface area contributed by atoms with Gasteiger partial charge in [0.25, 0.3) is 0 Å². The van der Waals surface area contributed by atoms with Crippen molar-refractivity contribution in [1.29, 1.82) is 0 Å². The number of pyridine rings is 1. The molecule has 3 nitrogen and oxygen atoms in total. The summed E-state index contributed by atoms with van der Waals surface area (Å²) in [5.74, 6) is -1.53. The lowest BCUT2D eigenvalue weighted by Crippen LogP contribution is -2.38. The third kappa shape index (κ3) is 2.59. The lowest BCUT2D eigenvalue weighted by atomic mass is 9.83.